The number of nitrogens with two attached hydrogens (primary N) is 1. The maximum absolute atomic E-state index is 13.0. The Balaban J connectivity index is 0.000000477. The van der Waals surface area contributed by atoms with Gasteiger partial charge in [-0.05, 0) is 62.1 Å². The van der Waals surface area contributed by atoms with Crippen LogP contribution in [0.5, 0.6) is 0 Å². The second kappa shape index (κ2) is 12.2. The first-order chi connectivity index (χ1) is 19.4. The maximum atomic E-state index is 13.0. The summed E-state index contributed by atoms with van der Waals surface area (Å²) in [6, 6.07) is 23.6. The van der Waals surface area contributed by atoms with Crippen molar-refractivity contribution in [3.05, 3.63) is 113 Å². The molecule has 204 valence electrons. The molecule has 0 saturated carbocycles. The van der Waals surface area contributed by atoms with Gasteiger partial charge in [-0.25, -0.2) is 0 Å². The van der Waals surface area contributed by atoms with Crippen LogP contribution >= 0.6 is 11.6 Å². The van der Waals surface area contributed by atoms with Crippen molar-refractivity contribution in [3.63, 3.8) is 0 Å². The average molecular weight is 555 g/mol. The Bertz CT molecular complexity index is 1600. The fourth-order valence-electron chi connectivity index (χ4n) is 5.18. The third-order valence-corrected chi connectivity index (χ3v) is 7.42. The molecule has 5 aromatic rings. The molecule has 40 heavy (non-hydrogen) atoms. The molecule has 6 rings (SSSR count). The van der Waals surface area contributed by atoms with Gasteiger partial charge < -0.3 is 15.6 Å². The largest absolute Gasteiger partial charge is 0.370 e. The molecule has 1 aliphatic rings. The molecule has 0 spiro atoms. The molecule has 8 nitrogen and oxygen atoms in total. The van der Waals surface area contributed by atoms with Crippen LogP contribution in [-0.4, -0.2) is 37.2 Å². The molecule has 0 saturated heterocycles. The van der Waals surface area contributed by atoms with Gasteiger partial charge in [0.25, 0.3) is 5.91 Å². The van der Waals surface area contributed by atoms with E-state index in [0.717, 1.165) is 29.4 Å². The van der Waals surface area contributed by atoms with Crippen LogP contribution in [0.15, 0.2) is 85.5 Å². The highest BCUT2D eigenvalue weighted by molar-refractivity contribution is 6.34. The highest BCUT2D eigenvalue weighted by atomic mass is 35.5. The number of fused-ring (bicyclic) bond motifs is 3. The molecule has 0 radical (unpaired) electrons. The Morgan fingerprint density at radius 2 is 1.73 bits per heavy atom. The second-order valence-electron chi connectivity index (χ2n) is 9.92. The van der Waals surface area contributed by atoms with Crippen molar-refractivity contribution in [2.45, 2.75) is 45.2 Å². The first kappa shape index (κ1) is 27.1. The number of carbonyl (C=O) groups excluding carboxylic acids is 2. The third kappa shape index (κ3) is 6.07. The highest BCUT2D eigenvalue weighted by Crippen LogP contribution is 2.33. The summed E-state index contributed by atoms with van der Waals surface area (Å²) in [5.41, 5.74) is 11.4. The van der Waals surface area contributed by atoms with Crippen molar-refractivity contribution in [2.75, 3.05) is 0 Å². The lowest BCUT2D eigenvalue weighted by Gasteiger charge is -2.27. The third-order valence-electron chi connectivity index (χ3n) is 7.11. The number of primary amides is 1. The lowest BCUT2D eigenvalue weighted by atomic mass is 9.98. The number of aromatic nitrogens is 4. The minimum absolute atomic E-state index is 0.0329. The number of hydrogen-bond donors (Lipinski definition) is 2. The van der Waals surface area contributed by atoms with Crippen LogP contribution in [0.4, 0.5) is 0 Å². The lowest BCUT2D eigenvalue weighted by Crippen LogP contribution is -2.41. The molecule has 1 unspecified atom stereocenters. The Morgan fingerprint density at radius 1 is 1.02 bits per heavy atom. The lowest BCUT2D eigenvalue weighted by molar-refractivity contribution is -0.117. The summed E-state index contributed by atoms with van der Waals surface area (Å²) in [7, 11) is 0. The molecule has 0 aliphatic carbocycles. The van der Waals surface area contributed by atoms with Crippen molar-refractivity contribution in [2.24, 2.45) is 5.73 Å². The molecule has 1 aliphatic heterocycles. The highest BCUT2D eigenvalue weighted by Gasteiger charge is 2.26. The normalized spacial score (nSPS) is 14.2. The van der Waals surface area contributed by atoms with E-state index >= 15 is 0 Å². The van der Waals surface area contributed by atoms with Gasteiger partial charge in [-0.2, -0.15) is 0 Å². The first-order valence-electron chi connectivity index (χ1n) is 13.2. The number of hydrogen-bond acceptors (Lipinski definition) is 4. The van der Waals surface area contributed by atoms with E-state index in [-0.39, 0.29) is 17.9 Å². The second-order valence-corrected chi connectivity index (χ2v) is 10.3. The predicted octanol–water partition coefficient (Wildman–Crippen LogP) is 5.03. The van der Waals surface area contributed by atoms with Crippen LogP contribution < -0.4 is 11.1 Å². The first-order valence-corrected chi connectivity index (χ1v) is 13.6. The minimum Gasteiger partial charge on any atom is -0.370 e. The molecule has 9 heteroatoms. The van der Waals surface area contributed by atoms with Crippen LogP contribution in [0.2, 0.25) is 5.02 Å². The molecular formula is C31H31ClN6O2. The van der Waals surface area contributed by atoms with E-state index in [1.54, 1.807) is 29.4 Å². The van der Waals surface area contributed by atoms with Gasteiger partial charge in [0.1, 0.15) is 12.7 Å². The number of halogens is 1. The van der Waals surface area contributed by atoms with E-state index in [9.17, 15) is 9.59 Å². The number of nitrogens with one attached hydrogen (secondary N) is 1. The van der Waals surface area contributed by atoms with Gasteiger partial charge in [0.15, 0.2) is 0 Å². The van der Waals surface area contributed by atoms with Crippen molar-refractivity contribution in [1.29, 1.82) is 0 Å². The Labute approximate surface area is 237 Å². The van der Waals surface area contributed by atoms with Crippen molar-refractivity contribution in [3.8, 4) is 5.69 Å². The zero-order valence-electron chi connectivity index (χ0n) is 22.3. The molecule has 0 fully saturated rings. The smallest absolute Gasteiger partial charge is 0.253 e. The van der Waals surface area contributed by atoms with Crippen LogP contribution in [-0.2, 0) is 24.2 Å². The standard InChI is InChI=1S/C25H25ClN6O2.C6H6/c1-15-2-7-23-20(10-15)18(6-9-24(27)33)22-8-3-16(12-32(22)23)30-25(34)19-5-4-17(11-21(19)26)31-13-28-29-14-31;1-2-4-6-5-3-1/h2,4-5,7,10-11,13-14,16H,3,6,8-9,12H2,1H3,(H2,27,33)(H,30,34);1-6H. The van der Waals surface area contributed by atoms with Gasteiger partial charge in [-0.1, -0.05) is 59.6 Å². The van der Waals surface area contributed by atoms with E-state index < -0.39 is 0 Å². The summed E-state index contributed by atoms with van der Waals surface area (Å²) in [6.07, 6.45) is 5.72. The fraction of sp³-hybridized carbons (Fsp3) is 0.226. The average Bonchev–Trinajstić information content (AvgIpc) is 3.59. The Hall–Kier alpha value is -4.43. The number of aryl methyl sites for hydroxylation is 2. The maximum Gasteiger partial charge on any atom is 0.253 e. The number of nitrogens with zero attached hydrogens (tertiary/aromatic N) is 4. The summed E-state index contributed by atoms with van der Waals surface area (Å²) < 4.78 is 4.00. The Morgan fingerprint density at radius 3 is 2.38 bits per heavy atom. The van der Waals surface area contributed by atoms with Gasteiger partial charge in [-0.3, -0.25) is 14.2 Å². The van der Waals surface area contributed by atoms with Crippen LogP contribution in [0.25, 0.3) is 16.6 Å². The van der Waals surface area contributed by atoms with E-state index in [1.165, 1.54) is 16.8 Å². The summed E-state index contributed by atoms with van der Waals surface area (Å²) >= 11 is 6.44. The zero-order valence-corrected chi connectivity index (χ0v) is 23.0. The molecular weight excluding hydrogens is 524 g/mol. The van der Waals surface area contributed by atoms with Gasteiger partial charge in [0.2, 0.25) is 5.91 Å². The number of rotatable bonds is 6. The molecule has 2 amide bonds. The van der Waals surface area contributed by atoms with Gasteiger partial charge in [0, 0.05) is 41.3 Å². The fourth-order valence-corrected chi connectivity index (χ4v) is 5.44. The van der Waals surface area contributed by atoms with Crippen LogP contribution in [0.3, 0.4) is 0 Å². The zero-order chi connectivity index (χ0) is 28.1. The molecule has 3 heterocycles. The van der Waals surface area contributed by atoms with E-state index in [2.05, 4.69) is 45.2 Å². The molecule has 3 aromatic carbocycles. The summed E-state index contributed by atoms with van der Waals surface area (Å²) in [5.74, 6) is -0.496. The summed E-state index contributed by atoms with van der Waals surface area (Å²) in [4.78, 5) is 24.5. The molecule has 3 N–H and O–H groups in total. The number of carbonyl (C=O) groups is 2. The number of amides is 2. The van der Waals surface area contributed by atoms with E-state index in [1.807, 2.05) is 42.5 Å². The van der Waals surface area contributed by atoms with E-state index in [0.29, 0.717) is 30.0 Å². The number of benzene rings is 3. The predicted molar refractivity (Wildman–Crippen MR) is 157 cm³/mol. The van der Waals surface area contributed by atoms with Crippen molar-refractivity contribution >= 4 is 34.3 Å². The van der Waals surface area contributed by atoms with Gasteiger partial charge >= 0.3 is 0 Å². The molecule has 1 atom stereocenters. The van der Waals surface area contributed by atoms with Gasteiger partial charge in [0.05, 0.1) is 10.6 Å². The van der Waals surface area contributed by atoms with Crippen molar-refractivity contribution in [1.82, 2.24) is 24.6 Å². The summed E-state index contributed by atoms with van der Waals surface area (Å²) in [6.45, 7) is 2.73. The Kier molecular flexibility index (Phi) is 8.26. The summed E-state index contributed by atoms with van der Waals surface area (Å²) in [5, 5.41) is 12.3. The van der Waals surface area contributed by atoms with Gasteiger partial charge in [-0.15, -0.1) is 10.2 Å². The van der Waals surface area contributed by atoms with Crippen molar-refractivity contribution < 1.29 is 9.59 Å². The minimum atomic E-state index is -0.297. The molecule has 0 bridgehead atoms. The SMILES string of the molecule is Cc1ccc2c(c1)c(CCC(N)=O)c1n2CC(NC(=O)c2ccc(-n3cnnc3)cc2Cl)CC1.c1ccccc1. The van der Waals surface area contributed by atoms with Crippen LogP contribution in [0, 0.1) is 6.92 Å². The van der Waals surface area contributed by atoms with Crippen LogP contribution in [0.1, 0.15) is 40.0 Å². The van der Waals surface area contributed by atoms with E-state index in [4.69, 9.17) is 17.3 Å². The topological polar surface area (TPSA) is 108 Å². The monoisotopic (exact) mass is 554 g/mol. The quantitative estimate of drug-likeness (QED) is 0.307. The molecule has 2 aromatic heterocycles.